The maximum absolute atomic E-state index is 5.33. The zero-order chi connectivity index (χ0) is 12.8. The molecule has 4 nitrogen and oxygen atoms in total. The van der Waals surface area contributed by atoms with Gasteiger partial charge in [0.2, 0.25) is 0 Å². The second-order valence-corrected chi connectivity index (χ2v) is 5.21. The lowest BCUT2D eigenvalue weighted by Gasteiger charge is -2.13. The molecule has 0 unspecified atom stereocenters. The Hall–Kier alpha value is -1.17. The normalized spacial score (nSPS) is 11.3. The molecule has 0 aliphatic rings. The minimum atomic E-state index is 0.813. The Morgan fingerprint density at radius 1 is 1.44 bits per heavy atom. The highest BCUT2D eigenvalue weighted by Gasteiger charge is 2.07. The Balaban J connectivity index is 1.83. The number of furan rings is 1. The molecule has 0 fully saturated rings. The Kier molecular flexibility index (Phi) is 4.92. The number of nitrogens with zero attached hydrogens (tertiary/aromatic N) is 2. The lowest BCUT2D eigenvalue weighted by Crippen LogP contribution is -2.17. The Bertz CT molecular complexity index is 453. The SMILES string of the molecule is CCNCc1nc(CN(C)Cc2ccco2)cs1. The van der Waals surface area contributed by atoms with E-state index in [-0.39, 0.29) is 0 Å². The van der Waals surface area contributed by atoms with Gasteiger partial charge in [-0.25, -0.2) is 4.98 Å². The van der Waals surface area contributed by atoms with Crippen molar-refractivity contribution in [3.8, 4) is 0 Å². The molecule has 0 aliphatic carbocycles. The number of aromatic nitrogens is 1. The number of nitrogens with one attached hydrogen (secondary N) is 1. The molecule has 5 heteroatoms. The minimum absolute atomic E-state index is 0.813. The molecule has 2 aromatic heterocycles. The van der Waals surface area contributed by atoms with Crippen molar-refractivity contribution in [2.24, 2.45) is 0 Å². The van der Waals surface area contributed by atoms with Crippen molar-refractivity contribution in [3.05, 3.63) is 40.2 Å². The van der Waals surface area contributed by atoms with Crippen molar-refractivity contribution in [2.75, 3.05) is 13.6 Å². The minimum Gasteiger partial charge on any atom is -0.468 e. The standard InChI is InChI=1S/C13H19N3OS/c1-3-14-7-13-15-11(10-18-13)8-16(2)9-12-5-4-6-17-12/h4-6,10,14H,3,7-9H2,1-2H3. The Labute approximate surface area is 112 Å². The van der Waals surface area contributed by atoms with E-state index in [9.17, 15) is 0 Å². The van der Waals surface area contributed by atoms with Crippen LogP contribution in [0.3, 0.4) is 0 Å². The van der Waals surface area contributed by atoms with Gasteiger partial charge in [-0.3, -0.25) is 4.90 Å². The lowest BCUT2D eigenvalue weighted by atomic mass is 10.4. The Morgan fingerprint density at radius 2 is 2.33 bits per heavy atom. The van der Waals surface area contributed by atoms with Crippen molar-refractivity contribution in [2.45, 2.75) is 26.6 Å². The molecule has 18 heavy (non-hydrogen) atoms. The fourth-order valence-corrected chi connectivity index (χ4v) is 2.49. The van der Waals surface area contributed by atoms with Gasteiger partial charge in [-0.05, 0) is 25.7 Å². The molecule has 2 heterocycles. The van der Waals surface area contributed by atoms with Crippen LogP contribution < -0.4 is 5.32 Å². The molecule has 0 saturated carbocycles. The molecule has 1 N–H and O–H groups in total. The van der Waals surface area contributed by atoms with E-state index in [0.717, 1.165) is 42.6 Å². The molecule has 0 spiro atoms. The maximum atomic E-state index is 5.33. The van der Waals surface area contributed by atoms with Crippen LogP contribution in [-0.4, -0.2) is 23.5 Å². The summed E-state index contributed by atoms with van der Waals surface area (Å²) in [5, 5.41) is 6.57. The van der Waals surface area contributed by atoms with Crippen LogP contribution in [0.25, 0.3) is 0 Å². The number of hydrogen-bond acceptors (Lipinski definition) is 5. The maximum Gasteiger partial charge on any atom is 0.117 e. The summed E-state index contributed by atoms with van der Waals surface area (Å²) in [6.07, 6.45) is 1.71. The van der Waals surface area contributed by atoms with E-state index >= 15 is 0 Å². The molecule has 2 aromatic rings. The van der Waals surface area contributed by atoms with Gasteiger partial charge in [-0.2, -0.15) is 0 Å². The predicted molar refractivity (Wildman–Crippen MR) is 73.4 cm³/mol. The number of hydrogen-bond donors (Lipinski definition) is 1. The first kappa shape index (κ1) is 13.3. The van der Waals surface area contributed by atoms with Gasteiger partial charge in [0, 0.05) is 18.5 Å². The van der Waals surface area contributed by atoms with Crippen LogP contribution in [0.15, 0.2) is 28.2 Å². The van der Waals surface area contributed by atoms with Crippen molar-refractivity contribution in [3.63, 3.8) is 0 Å². The first-order valence-corrected chi connectivity index (χ1v) is 7.01. The third-order valence-corrected chi connectivity index (χ3v) is 3.46. The summed E-state index contributed by atoms with van der Waals surface area (Å²) >= 11 is 1.72. The average Bonchev–Trinajstić information content (AvgIpc) is 2.98. The third kappa shape index (κ3) is 3.94. The molecule has 0 atom stereocenters. The molecular weight excluding hydrogens is 246 g/mol. The highest BCUT2D eigenvalue weighted by Crippen LogP contribution is 2.12. The van der Waals surface area contributed by atoms with E-state index in [1.165, 1.54) is 0 Å². The van der Waals surface area contributed by atoms with Crippen LogP contribution in [0.5, 0.6) is 0 Å². The molecule has 0 radical (unpaired) electrons. The van der Waals surface area contributed by atoms with Crippen molar-refractivity contribution in [1.29, 1.82) is 0 Å². The molecule has 0 saturated heterocycles. The van der Waals surface area contributed by atoms with E-state index in [4.69, 9.17) is 4.42 Å². The molecule has 2 rings (SSSR count). The third-order valence-electron chi connectivity index (χ3n) is 2.56. The van der Waals surface area contributed by atoms with Crippen molar-refractivity contribution < 1.29 is 4.42 Å². The van der Waals surface area contributed by atoms with Crippen molar-refractivity contribution in [1.82, 2.24) is 15.2 Å². The zero-order valence-corrected chi connectivity index (χ0v) is 11.7. The van der Waals surface area contributed by atoms with Gasteiger partial charge in [-0.15, -0.1) is 11.3 Å². The number of rotatable bonds is 7. The van der Waals surface area contributed by atoms with Gasteiger partial charge >= 0.3 is 0 Å². The van der Waals surface area contributed by atoms with E-state index in [1.807, 2.05) is 12.1 Å². The summed E-state index contributed by atoms with van der Waals surface area (Å²) < 4.78 is 5.33. The second kappa shape index (κ2) is 6.68. The monoisotopic (exact) mass is 265 g/mol. The molecular formula is C13H19N3OS. The molecule has 0 bridgehead atoms. The van der Waals surface area contributed by atoms with Gasteiger partial charge in [0.1, 0.15) is 10.8 Å². The van der Waals surface area contributed by atoms with Crippen LogP contribution in [0.2, 0.25) is 0 Å². The van der Waals surface area contributed by atoms with Crippen molar-refractivity contribution >= 4 is 11.3 Å². The van der Waals surface area contributed by atoms with Crippen LogP contribution in [0, 0.1) is 0 Å². The van der Waals surface area contributed by atoms with Crippen LogP contribution in [0.4, 0.5) is 0 Å². The second-order valence-electron chi connectivity index (χ2n) is 4.26. The summed E-state index contributed by atoms with van der Waals surface area (Å²) in [4.78, 5) is 6.80. The predicted octanol–water partition coefficient (Wildman–Crippen LogP) is 2.48. The van der Waals surface area contributed by atoms with Crippen LogP contribution in [0.1, 0.15) is 23.4 Å². The Morgan fingerprint density at radius 3 is 3.06 bits per heavy atom. The summed E-state index contributed by atoms with van der Waals surface area (Å²) in [7, 11) is 2.08. The van der Waals surface area contributed by atoms with Crippen LogP contribution in [-0.2, 0) is 19.6 Å². The first-order chi connectivity index (χ1) is 8.78. The highest BCUT2D eigenvalue weighted by molar-refractivity contribution is 7.09. The fourth-order valence-electron chi connectivity index (χ4n) is 1.74. The lowest BCUT2D eigenvalue weighted by molar-refractivity contribution is 0.285. The van der Waals surface area contributed by atoms with Crippen LogP contribution >= 0.6 is 11.3 Å². The summed E-state index contributed by atoms with van der Waals surface area (Å²) in [5.41, 5.74) is 1.13. The van der Waals surface area contributed by atoms with E-state index in [1.54, 1.807) is 17.6 Å². The molecule has 98 valence electrons. The van der Waals surface area contributed by atoms with E-state index in [0.29, 0.717) is 0 Å². The largest absolute Gasteiger partial charge is 0.468 e. The zero-order valence-electron chi connectivity index (χ0n) is 10.8. The van der Waals surface area contributed by atoms with Gasteiger partial charge in [0.15, 0.2) is 0 Å². The smallest absolute Gasteiger partial charge is 0.117 e. The van der Waals surface area contributed by atoms with E-state index < -0.39 is 0 Å². The quantitative estimate of drug-likeness (QED) is 0.835. The summed E-state index contributed by atoms with van der Waals surface area (Å²) in [5.74, 6) is 0.987. The molecule has 0 amide bonds. The van der Waals surface area contributed by atoms with Gasteiger partial charge < -0.3 is 9.73 Å². The number of thiazole rings is 1. The molecule has 0 aromatic carbocycles. The van der Waals surface area contributed by atoms with Gasteiger partial charge in [0.25, 0.3) is 0 Å². The van der Waals surface area contributed by atoms with Gasteiger partial charge in [-0.1, -0.05) is 6.92 Å². The highest BCUT2D eigenvalue weighted by atomic mass is 32.1. The first-order valence-electron chi connectivity index (χ1n) is 6.13. The summed E-state index contributed by atoms with van der Waals surface area (Å²) in [6.45, 7) is 5.61. The average molecular weight is 265 g/mol. The van der Waals surface area contributed by atoms with E-state index in [2.05, 4.69) is 34.6 Å². The fraction of sp³-hybridized carbons (Fsp3) is 0.462. The molecule has 0 aliphatic heterocycles. The summed E-state index contributed by atoms with van der Waals surface area (Å²) in [6, 6.07) is 3.91. The van der Waals surface area contributed by atoms with Gasteiger partial charge in [0.05, 0.1) is 18.5 Å². The topological polar surface area (TPSA) is 41.3 Å².